The molecule has 0 aliphatic carbocycles. The van der Waals surface area contributed by atoms with E-state index >= 15 is 0 Å². The van der Waals surface area contributed by atoms with Gasteiger partial charge in [0.05, 0.1) is 5.54 Å². The first-order valence-electron chi connectivity index (χ1n) is 6.80. The average Bonchev–Trinajstić information content (AvgIpc) is 2.44. The quantitative estimate of drug-likeness (QED) is 0.874. The van der Waals surface area contributed by atoms with Crippen LogP contribution in [0.5, 0.6) is 0 Å². The van der Waals surface area contributed by atoms with E-state index in [1.54, 1.807) is 12.1 Å². The largest absolute Gasteiger partial charge is 0.378 e. The molecule has 0 fully saturated rings. The van der Waals surface area contributed by atoms with Crippen LogP contribution in [0, 0.1) is 12.7 Å². The van der Waals surface area contributed by atoms with Gasteiger partial charge in [0.15, 0.2) is 0 Å². The second-order valence-corrected chi connectivity index (χ2v) is 5.56. The van der Waals surface area contributed by atoms with E-state index in [-0.39, 0.29) is 11.4 Å². The zero-order chi connectivity index (χ0) is 14.6. The number of anilines is 1. The Balaban J connectivity index is 2.12. The molecule has 2 aromatic rings. The Hall–Kier alpha value is -1.87. The molecular weight excluding hydrogens is 251 g/mol. The molecule has 0 heterocycles. The van der Waals surface area contributed by atoms with Crippen molar-refractivity contribution in [3.05, 3.63) is 65.5 Å². The van der Waals surface area contributed by atoms with Gasteiger partial charge in [-0.1, -0.05) is 29.8 Å². The van der Waals surface area contributed by atoms with Gasteiger partial charge in [-0.3, -0.25) is 0 Å². The van der Waals surface area contributed by atoms with Crippen molar-refractivity contribution in [1.82, 2.24) is 0 Å². The molecule has 2 aromatic carbocycles. The fourth-order valence-electron chi connectivity index (χ4n) is 2.21. The van der Waals surface area contributed by atoms with Gasteiger partial charge in [0.1, 0.15) is 5.82 Å². The van der Waals surface area contributed by atoms with Crippen molar-refractivity contribution in [2.45, 2.75) is 25.8 Å². The van der Waals surface area contributed by atoms with Crippen molar-refractivity contribution in [3.8, 4) is 0 Å². The summed E-state index contributed by atoms with van der Waals surface area (Å²) in [6.45, 7) is 4.64. The molecular formula is C17H21FN2. The average molecular weight is 272 g/mol. The summed E-state index contributed by atoms with van der Waals surface area (Å²) in [5.74, 6) is -0.213. The van der Waals surface area contributed by atoms with Crippen LogP contribution >= 0.6 is 0 Å². The summed E-state index contributed by atoms with van der Waals surface area (Å²) in [5.41, 5.74) is 9.01. The van der Waals surface area contributed by atoms with E-state index in [0.717, 1.165) is 17.7 Å². The Labute approximate surface area is 119 Å². The molecule has 0 radical (unpaired) electrons. The minimum absolute atomic E-state index is 0.213. The first-order chi connectivity index (χ1) is 9.50. The third-order valence-electron chi connectivity index (χ3n) is 3.46. The standard InChI is InChI=1S/C17H21FN2/c1-13-3-9-16(10-4-13)20-17(2,12-19)11-14-5-7-15(18)8-6-14/h3-10,20H,11-12,19H2,1-2H3. The molecule has 0 saturated carbocycles. The number of hydrogen-bond acceptors (Lipinski definition) is 2. The molecule has 2 nitrogen and oxygen atoms in total. The summed E-state index contributed by atoms with van der Waals surface area (Å²) in [6.07, 6.45) is 0.748. The van der Waals surface area contributed by atoms with Crippen molar-refractivity contribution in [3.63, 3.8) is 0 Å². The van der Waals surface area contributed by atoms with Gasteiger partial charge < -0.3 is 11.1 Å². The van der Waals surface area contributed by atoms with Crippen LogP contribution < -0.4 is 11.1 Å². The summed E-state index contributed by atoms with van der Waals surface area (Å²) in [5, 5.41) is 3.48. The van der Waals surface area contributed by atoms with Crippen molar-refractivity contribution >= 4 is 5.69 Å². The number of hydrogen-bond donors (Lipinski definition) is 2. The first-order valence-corrected chi connectivity index (χ1v) is 6.80. The Morgan fingerprint density at radius 3 is 2.20 bits per heavy atom. The fourth-order valence-corrected chi connectivity index (χ4v) is 2.21. The van der Waals surface area contributed by atoms with Gasteiger partial charge in [-0.15, -0.1) is 0 Å². The molecule has 1 atom stereocenters. The Morgan fingerprint density at radius 1 is 1.05 bits per heavy atom. The number of benzene rings is 2. The molecule has 106 valence electrons. The van der Waals surface area contributed by atoms with Crippen LogP contribution in [0.15, 0.2) is 48.5 Å². The smallest absolute Gasteiger partial charge is 0.123 e. The van der Waals surface area contributed by atoms with Crippen LogP contribution in [0.2, 0.25) is 0 Å². The van der Waals surface area contributed by atoms with Gasteiger partial charge in [-0.25, -0.2) is 4.39 Å². The highest BCUT2D eigenvalue weighted by Gasteiger charge is 2.22. The van der Waals surface area contributed by atoms with Crippen LogP contribution in [-0.2, 0) is 6.42 Å². The van der Waals surface area contributed by atoms with E-state index in [1.165, 1.54) is 17.7 Å². The van der Waals surface area contributed by atoms with Gasteiger partial charge in [0, 0.05) is 12.2 Å². The van der Waals surface area contributed by atoms with E-state index in [9.17, 15) is 4.39 Å². The highest BCUT2D eigenvalue weighted by Crippen LogP contribution is 2.20. The summed E-state index contributed by atoms with van der Waals surface area (Å²) >= 11 is 0. The molecule has 0 aliphatic rings. The Kier molecular flexibility index (Phi) is 4.40. The SMILES string of the molecule is Cc1ccc(NC(C)(CN)Cc2ccc(F)cc2)cc1. The second-order valence-electron chi connectivity index (χ2n) is 5.56. The minimum Gasteiger partial charge on any atom is -0.378 e. The maximum absolute atomic E-state index is 12.9. The van der Waals surface area contributed by atoms with E-state index in [0.29, 0.717) is 6.54 Å². The summed E-state index contributed by atoms with van der Waals surface area (Å²) in [7, 11) is 0. The maximum Gasteiger partial charge on any atom is 0.123 e. The van der Waals surface area contributed by atoms with E-state index in [2.05, 4.69) is 31.3 Å². The van der Waals surface area contributed by atoms with Gasteiger partial charge in [0.25, 0.3) is 0 Å². The van der Waals surface area contributed by atoms with Crippen molar-refractivity contribution in [2.75, 3.05) is 11.9 Å². The maximum atomic E-state index is 12.9. The number of nitrogens with one attached hydrogen (secondary N) is 1. The Morgan fingerprint density at radius 2 is 1.65 bits per heavy atom. The number of halogens is 1. The van der Waals surface area contributed by atoms with Crippen molar-refractivity contribution in [2.24, 2.45) is 5.73 Å². The lowest BCUT2D eigenvalue weighted by Crippen LogP contribution is -2.44. The summed E-state index contributed by atoms with van der Waals surface area (Å²) in [4.78, 5) is 0. The fraction of sp³-hybridized carbons (Fsp3) is 0.294. The monoisotopic (exact) mass is 272 g/mol. The van der Waals surface area contributed by atoms with Crippen LogP contribution in [0.1, 0.15) is 18.1 Å². The first kappa shape index (κ1) is 14.5. The summed E-state index contributed by atoms with van der Waals surface area (Å²) < 4.78 is 12.9. The molecule has 0 amide bonds. The van der Waals surface area contributed by atoms with Crippen molar-refractivity contribution < 1.29 is 4.39 Å². The van der Waals surface area contributed by atoms with Gasteiger partial charge in [0.2, 0.25) is 0 Å². The third kappa shape index (κ3) is 3.81. The van der Waals surface area contributed by atoms with Gasteiger partial charge in [-0.2, -0.15) is 0 Å². The molecule has 3 N–H and O–H groups in total. The lowest BCUT2D eigenvalue weighted by molar-refractivity contribution is 0.520. The zero-order valence-electron chi connectivity index (χ0n) is 12.0. The molecule has 0 spiro atoms. The van der Waals surface area contributed by atoms with Gasteiger partial charge in [-0.05, 0) is 50.1 Å². The molecule has 1 unspecified atom stereocenters. The minimum atomic E-state index is -0.257. The number of rotatable bonds is 5. The molecule has 3 heteroatoms. The molecule has 0 aliphatic heterocycles. The van der Waals surface area contributed by atoms with Gasteiger partial charge >= 0.3 is 0 Å². The van der Waals surface area contributed by atoms with Crippen molar-refractivity contribution in [1.29, 1.82) is 0 Å². The third-order valence-corrected chi connectivity index (χ3v) is 3.46. The Bertz CT molecular complexity index is 499. The van der Waals surface area contributed by atoms with E-state index in [4.69, 9.17) is 5.73 Å². The molecule has 0 saturated heterocycles. The van der Waals surface area contributed by atoms with Crippen LogP contribution in [-0.4, -0.2) is 12.1 Å². The van der Waals surface area contributed by atoms with Crippen LogP contribution in [0.4, 0.5) is 10.1 Å². The van der Waals surface area contributed by atoms with E-state index < -0.39 is 0 Å². The molecule has 0 aromatic heterocycles. The van der Waals surface area contributed by atoms with Crippen LogP contribution in [0.3, 0.4) is 0 Å². The van der Waals surface area contributed by atoms with E-state index in [1.807, 2.05) is 12.1 Å². The zero-order valence-corrected chi connectivity index (χ0v) is 12.0. The summed E-state index contributed by atoms with van der Waals surface area (Å²) in [6, 6.07) is 14.8. The normalized spacial score (nSPS) is 13.8. The molecule has 2 rings (SSSR count). The number of aryl methyl sites for hydroxylation is 1. The number of nitrogens with two attached hydrogens (primary N) is 1. The predicted octanol–water partition coefficient (Wildman–Crippen LogP) is 3.51. The second kappa shape index (κ2) is 6.06. The lowest BCUT2D eigenvalue weighted by atomic mass is 9.92. The molecule has 20 heavy (non-hydrogen) atoms. The lowest BCUT2D eigenvalue weighted by Gasteiger charge is -2.31. The highest BCUT2D eigenvalue weighted by molar-refractivity contribution is 5.47. The highest BCUT2D eigenvalue weighted by atomic mass is 19.1. The van der Waals surface area contributed by atoms with Crippen LogP contribution in [0.25, 0.3) is 0 Å². The molecule has 0 bridgehead atoms. The predicted molar refractivity (Wildman–Crippen MR) is 82.4 cm³/mol. The topological polar surface area (TPSA) is 38.0 Å².